The number of rotatable bonds is 9. The molecule has 0 radical (unpaired) electrons. The van der Waals surface area contributed by atoms with Gasteiger partial charge in [-0.2, -0.15) is 0 Å². The minimum Gasteiger partial charge on any atom is -0.309 e. The average Bonchev–Trinajstić information content (AvgIpc) is 2.42. The van der Waals surface area contributed by atoms with Crippen LogP contribution in [0.2, 0.25) is 0 Å². The third-order valence-electron chi connectivity index (χ3n) is 3.44. The van der Waals surface area contributed by atoms with Crippen molar-refractivity contribution in [1.29, 1.82) is 0 Å². The molecule has 0 aliphatic rings. The first-order valence-electron chi connectivity index (χ1n) is 7.77. The molecule has 21 heavy (non-hydrogen) atoms. The number of hydrogen-bond donors (Lipinski definition) is 1. The van der Waals surface area contributed by atoms with E-state index in [1.165, 1.54) is 5.56 Å². The van der Waals surface area contributed by atoms with E-state index in [1.807, 2.05) is 6.92 Å². The molecule has 1 N–H and O–H groups in total. The van der Waals surface area contributed by atoms with E-state index in [2.05, 4.69) is 61.8 Å². The fraction of sp³-hybridized carbons (Fsp3) is 0.647. The Kier molecular flexibility index (Phi) is 8.15. The third-order valence-corrected chi connectivity index (χ3v) is 4.84. The van der Waals surface area contributed by atoms with Gasteiger partial charge in [0.2, 0.25) is 0 Å². The summed E-state index contributed by atoms with van der Waals surface area (Å²) in [5.41, 5.74) is 2.49. The molecule has 4 heteroatoms. The lowest BCUT2D eigenvalue weighted by atomic mass is 10.0. The fourth-order valence-electron chi connectivity index (χ4n) is 2.21. The Morgan fingerprint density at radius 2 is 1.76 bits per heavy atom. The highest BCUT2D eigenvalue weighted by Crippen LogP contribution is 2.19. The van der Waals surface area contributed by atoms with Crippen molar-refractivity contribution in [2.45, 2.75) is 38.9 Å². The second-order valence-electron chi connectivity index (χ2n) is 6.33. The summed E-state index contributed by atoms with van der Waals surface area (Å²) < 4.78 is 15.4. The molecule has 0 saturated heterocycles. The molecule has 1 aromatic carbocycles. The van der Waals surface area contributed by atoms with Gasteiger partial charge in [0.1, 0.15) is 0 Å². The van der Waals surface area contributed by atoms with Gasteiger partial charge in [-0.05, 0) is 57.5 Å². The Hall–Kier alpha value is -0.710. The van der Waals surface area contributed by atoms with Crippen LogP contribution in [-0.4, -0.2) is 36.3 Å². The quantitative estimate of drug-likeness (QED) is 0.711. The lowest BCUT2D eigenvalue weighted by Crippen LogP contribution is -2.25. The monoisotopic (exact) mass is 310 g/mol. The first kappa shape index (κ1) is 18.3. The van der Waals surface area contributed by atoms with Gasteiger partial charge in [0, 0.05) is 6.54 Å². The normalized spacial score (nSPS) is 14.6. The summed E-state index contributed by atoms with van der Waals surface area (Å²) in [6.45, 7) is 8.28. The SMILES string of the molecule is CC(C)Cc1ccc(C(C)S(=O)NCCCN(C)C)cc1. The summed E-state index contributed by atoms with van der Waals surface area (Å²) in [7, 11) is 3.09. The second kappa shape index (κ2) is 9.34. The van der Waals surface area contributed by atoms with Gasteiger partial charge in [-0.15, -0.1) is 0 Å². The number of hydrogen-bond acceptors (Lipinski definition) is 2. The molecule has 0 aliphatic carbocycles. The van der Waals surface area contributed by atoms with Crippen LogP contribution in [-0.2, 0) is 17.4 Å². The zero-order valence-electron chi connectivity index (χ0n) is 14.1. The van der Waals surface area contributed by atoms with Gasteiger partial charge in [-0.1, -0.05) is 38.1 Å². The van der Waals surface area contributed by atoms with Crippen LogP contribution in [0, 0.1) is 5.92 Å². The van der Waals surface area contributed by atoms with Crippen LogP contribution < -0.4 is 4.72 Å². The maximum atomic E-state index is 12.2. The van der Waals surface area contributed by atoms with E-state index >= 15 is 0 Å². The Morgan fingerprint density at radius 1 is 1.14 bits per heavy atom. The van der Waals surface area contributed by atoms with Crippen LogP contribution in [0.15, 0.2) is 24.3 Å². The molecule has 2 atom stereocenters. The minimum atomic E-state index is -1.02. The molecule has 0 aliphatic heterocycles. The van der Waals surface area contributed by atoms with Gasteiger partial charge in [-0.3, -0.25) is 0 Å². The van der Waals surface area contributed by atoms with Crippen LogP contribution in [0.1, 0.15) is 43.6 Å². The predicted octanol–water partition coefficient (Wildman–Crippen LogP) is 3.15. The molecule has 3 nitrogen and oxygen atoms in total. The van der Waals surface area contributed by atoms with Gasteiger partial charge >= 0.3 is 0 Å². The highest BCUT2D eigenvalue weighted by molar-refractivity contribution is 7.83. The van der Waals surface area contributed by atoms with Crippen molar-refractivity contribution in [3.8, 4) is 0 Å². The zero-order valence-corrected chi connectivity index (χ0v) is 14.9. The van der Waals surface area contributed by atoms with Crippen LogP contribution >= 0.6 is 0 Å². The molecule has 0 heterocycles. The lowest BCUT2D eigenvalue weighted by Gasteiger charge is -2.15. The van der Waals surface area contributed by atoms with Crippen molar-refractivity contribution in [3.63, 3.8) is 0 Å². The summed E-state index contributed by atoms with van der Waals surface area (Å²) in [6, 6.07) is 8.55. The molecule has 0 bridgehead atoms. The number of benzene rings is 1. The van der Waals surface area contributed by atoms with E-state index in [0.717, 1.165) is 31.5 Å². The Bertz CT molecular complexity index is 429. The molecule has 0 amide bonds. The van der Waals surface area contributed by atoms with E-state index in [0.29, 0.717) is 5.92 Å². The van der Waals surface area contributed by atoms with Crippen molar-refractivity contribution in [1.82, 2.24) is 9.62 Å². The summed E-state index contributed by atoms with van der Waals surface area (Å²) >= 11 is 0. The van der Waals surface area contributed by atoms with E-state index in [4.69, 9.17) is 0 Å². The molecular formula is C17H30N2OS. The zero-order chi connectivity index (χ0) is 15.8. The van der Waals surface area contributed by atoms with Crippen LogP contribution in [0.5, 0.6) is 0 Å². The Labute approximate surface area is 132 Å². The van der Waals surface area contributed by atoms with Gasteiger partial charge in [0.05, 0.1) is 16.2 Å². The summed E-state index contributed by atoms with van der Waals surface area (Å²) in [5, 5.41) is 0.0254. The van der Waals surface area contributed by atoms with E-state index < -0.39 is 11.0 Å². The van der Waals surface area contributed by atoms with Crippen LogP contribution in [0.4, 0.5) is 0 Å². The smallest absolute Gasteiger partial charge is 0.0989 e. The molecule has 0 saturated carbocycles. The maximum absolute atomic E-state index is 12.2. The molecule has 0 spiro atoms. The van der Waals surface area contributed by atoms with Crippen molar-refractivity contribution in [2.75, 3.05) is 27.2 Å². The second-order valence-corrected chi connectivity index (χ2v) is 7.92. The van der Waals surface area contributed by atoms with Crippen LogP contribution in [0.25, 0.3) is 0 Å². The average molecular weight is 311 g/mol. The molecule has 1 aromatic rings. The molecule has 0 fully saturated rings. The third kappa shape index (κ3) is 7.21. The van der Waals surface area contributed by atoms with E-state index in [1.54, 1.807) is 0 Å². The molecule has 120 valence electrons. The molecule has 1 rings (SSSR count). The van der Waals surface area contributed by atoms with Gasteiger partial charge < -0.3 is 4.90 Å². The Morgan fingerprint density at radius 3 is 2.29 bits per heavy atom. The van der Waals surface area contributed by atoms with Gasteiger partial charge in [0.15, 0.2) is 0 Å². The molecular weight excluding hydrogens is 280 g/mol. The van der Waals surface area contributed by atoms with Gasteiger partial charge in [-0.25, -0.2) is 8.93 Å². The van der Waals surface area contributed by atoms with E-state index in [-0.39, 0.29) is 5.25 Å². The topological polar surface area (TPSA) is 32.3 Å². The van der Waals surface area contributed by atoms with Crippen molar-refractivity contribution < 1.29 is 4.21 Å². The van der Waals surface area contributed by atoms with Crippen molar-refractivity contribution in [2.24, 2.45) is 5.92 Å². The first-order valence-corrected chi connectivity index (χ1v) is 8.99. The van der Waals surface area contributed by atoms with Crippen LogP contribution in [0.3, 0.4) is 0 Å². The molecule has 2 unspecified atom stereocenters. The highest BCUT2D eigenvalue weighted by Gasteiger charge is 2.13. The van der Waals surface area contributed by atoms with E-state index in [9.17, 15) is 4.21 Å². The van der Waals surface area contributed by atoms with Crippen molar-refractivity contribution in [3.05, 3.63) is 35.4 Å². The number of nitrogens with one attached hydrogen (secondary N) is 1. The summed E-state index contributed by atoms with van der Waals surface area (Å²) in [4.78, 5) is 2.14. The Balaban J connectivity index is 2.46. The fourth-order valence-corrected chi connectivity index (χ4v) is 3.21. The van der Waals surface area contributed by atoms with Crippen molar-refractivity contribution >= 4 is 11.0 Å². The minimum absolute atomic E-state index is 0.0254. The summed E-state index contributed by atoms with van der Waals surface area (Å²) in [6.07, 6.45) is 2.11. The molecule has 0 aromatic heterocycles. The number of nitrogens with zero attached hydrogens (tertiary/aromatic N) is 1. The standard InChI is InChI=1S/C17H30N2OS/c1-14(2)13-16-7-9-17(10-8-16)15(3)21(20)18-11-6-12-19(4)5/h7-10,14-15,18H,6,11-13H2,1-5H3. The summed E-state index contributed by atoms with van der Waals surface area (Å²) in [5.74, 6) is 0.667. The lowest BCUT2D eigenvalue weighted by molar-refractivity contribution is 0.400. The predicted molar refractivity (Wildman–Crippen MR) is 92.7 cm³/mol. The maximum Gasteiger partial charge on any atom is 0.0989 e. The largest absolute Gasteiger partial charge is 0.309 e. The first-order chi connectivity index (χ1) is 9.90. The van der Waals surface area contributed by atoms with Gasteiger partial charge in [0.25, 0.3) is 0 Å². The highest BCUT2D eigenvalue weighted by atomic mass is 32.2.